The van der Waals surface area contributed by atoms with Crippen molar-refractivity contribution < 1.29 is 4.79 Å². The fourth-order valence-corrected chi connectivity index (χ4v) is 4.59. The molecular formula is C25H35N5O. The van der Waals surface area contributed by atoms with Crippen LogP contribution in [-0.4, -0.2) is 54.6 Å². The molecule has 1 aromatic heterocycles. The van der Waals surface area contributed by atoms with Crippen LogP contribution < -0.4 is 15.5 Å². The minimum absolute atomic E-state index is 0.0692. The highest BCUT2D eigenvalue weighted by atomic mass is 16.2. The number of hydrogen-bond acceptors (Lipinski definition) is 5. The van der Waals surface area contributed by atoms with Gasteiger partial charge in [0.2, 0.25) is 5.91 Å². The number of piperidine rings is 1. The summed E-state index contributed by atoms with van der Waals surface area (Å²) in [5.41, 5.74) is 3.15. The maximum atomic E-state index is 12.8. The molecule has 1 amide bonds. The molecule has 0 bridgehead atoms. The predicted octanol–water partition coefficient (Wildman–Crippen LogP) is 4.14. The number of aryl methyl sites for hydroxylation is 1. The van der Waals surface area contributed by atoms with Crippen molar-refractivity contribution in [2.24, 2.45) is 5.92 Å². The Bertz CT molecular complexity index is 862. The van der Waals surface area contributed by atoms with Crippen molar-refractivity contribution in [1.82, 2.24) is 9.88 Å². The van der Waals surface area contributed by atoms with E-state index in [2.05, 4.69) is 37.6 Å². The van der Waals surface area contributed by atoms with Crippen LogP contribution in [0.1, 0.15) is 38.3 Å². The number of benzene rings is 1. The number of anilines is 3. The van der Waals surface area contributed by atoms with Gasteiger partial charge < -0.3 is 15.5 Å². The van der Waals surface area contributed by atoms with Crippen LogP contribution in [0.3, 0.4) is 0 Å². The van der Waals surface area contributed by atoms with Crippen LogP contribution in [-0.2, 0) is 4.79 Å². The molecule has 2 aliphatic rings. The van der Waals surface area contributed by atoms with Gasteiger partial charge >= 0.3 is 0 Å². The third kappa shape index (κ3) is 5.76. The highest BCUT2D eigenvalue weighted by Gasteiger charge is 2.29. The molecule has 1 aromatic carbocycles. The molecule has 0 aliphatic carbocycles. The van der Waals surface area contributed by atoms with Crippen molar-refractivity contribution in [3.63, 3.8) is 0 Å². The molecule has 0 spiro atoms. The molecule has 3 heterocycles. The Balaban J connectivity index is 1.24. The first-order valence-electron chi connectivity index (χ1n) is 11.7. The minimum atomic E-state index is -0.135. The topological polar surface area (TPSA) is 60.5 Å². The molecular weight excluding hydrogens is 386 g/mol. The van der Waals surface area contributed by atoms with Crippen LogP contribution in [0.15, 0.2) is 42.5 Å². The Labute approximate surface area is 186 Å². The summed E-state index contributed by atoms with van der Waals surface area (Å²) < 4.78 is 0. The fraction of sp³-hybridized carbons (Fsp3) is 0.520. The summed E-state index contributed by atoms with van der Waals surface area (Å²) in [5, 5.41) is 6.55. The Kier molecular flexibility index (Phi) is 7.07. The molecule has 2 saturated heterocycles. The standard InChI is InChI=1S/C25H35N5O/c1-19-7-6-8-24(27-19)26-17-21-13-16-30(18-21)20(2)25(31)28-22-9-11-23(12-10-22)29-14-4-3-5-15-29/h6-12,20-21H,3-5,13-18H2,1-2H3,(H,26,27)(H,28,31). The van der Waals surface area contributed by atoms with Gasteiger partial charge in [0.1, 0.15) is 5.82 Å². The molecule has 2 N–H and O–H groups in total. The zero-order valence-corrected chi connectivity index (χ0v) is 18.8. The van der Waals surface area contributed by atoms with Gasteiger partial charge in [0.15, 0.2) is 0 Å². The Morgan fingerprint density at radius 3 is 2.61 bits per heavy atom. The summed E-state index contributed by atoms with van der Waals surface area (Å²) in [6, 6.07) is 14.2. The Hall–Kier alpha value is -2.60. The zero-order chi connectivity index (χ0) is 21.6. The van der Waals surface area contributed by atoms with Crippen molar-refractivity contribution in [2.45, 2.75) is 45.6 Å². The Morgan fingerprint density at radius 1 is 1.10 bits per heavy atom. The van der Waals surface area contributed by atoms with Crippen molar-refractivity contribution >= 4 is 23.1 Å². The Morgan fingerprint density at radius 2 is 1.87 bits per heavy atom. The smallest absolute Gasteiger partial charge is 0.241 e. The second-order valence-electron chi connectivity index (χ2n) is 8.95. The van der Waals surface area contributed by atoms with E-state index in [1.165, 1.54) is 24.9 Å². The van der Waals surface area contributed by atoms with Gasteiger partial charge in [-0.2, -0.15) is 0 Å². The molecule has 2 unspecified atom stereocenters. The first kappa shape index (κ1) is 21.6. The number of pyridine rings is 1. The number of carbonyl (C=O) groups excluding carboxylic acids is 1. The third-order valence-corrected chi connectivity index (χ3v) is 6.56. The molecule has 2 aliphatic heterocycles. The SMILES string of the molecule is Cc1cccc(NCC2CCN(C(C)C(=O)Nc3ccc(N4CCCCC4)cc3)C2)n1. The quantitative estimate of drug-likeness (QED) is 0.704. The van der Waals surface area contributed by atoms with Crippen LogP contribution in [0.2, 0.25) is 0 Å². The van der Waals surface area contributed by atoms with Gasteiger partial charge in [-0.05, 0) is 88.4 Å². The van der Waals surface area contributed by atoms with Gasteiger partial charge in [-0.1, -0.05) is 6.07 Å². The number of aromatic nitrogens is 1. The molecule has 2 fully saturated rings. The molecule has 31 heavy (non-hydrogen) atoms. The average molecular weight is 422 g/mol. The van der Waals surface area contributed by atoms with Crippen molar-refractivity contribution in [1.29, 1.82) is 0 Å². The second-order valence-corrected chi connectivity index (χ2v) is 8.95. The first-order chi connectivity index (χ1) is 15.1. The van der Waals surface area contributed by atoms with Crippen molar-refractivity contribution in [2.75, 3.05) is 48.3 Å². The summed E-state index contributed by atoms with van der Waals surface area (Å²) in [5.74, 6) is 1.53. The van der Waals surface area contributed by atoms with E-state index in [1.54, 1.807) is 0 Å². The summed E-state index contributed by atoms with van der Waals surface area (Å²) >= 11 is 0. The number of likely N-dealkylation sites (tertiary alicyclic amines) is 1. The number of rotatable bonds is 7. The lowest BCUT2D eigenvalue weighted by molar-refractivity contribution is -0.120. The molecule has 2 atom stereocenters. The second kappa shape index (κ2) is 10.1. The van der Waals surface area contributed by atoms with E-state index < -0.39 is 0 Å². The zero-order valence-electron chi connectivity index (χ0n) is 18.8. The van der Waals surface area contributed by atoms with Crippen LogP contribution in [0.4, 0.5) is 17.2 Å². The van der Waals surface area contributed by atoms with Gasteiger partial charge in [-0.3, -0.25) is 9.69 Å². The van der Waals surface area contributed by atoms with Gasteiger partial charge in [-0.15, -0.1) is 0 Å². The van der Waals surface area contributed by atoms with Gasteiger partial charge in [0.25, 0.3) is 0 Å². The van der Waals surface area contributed by atoms with E-state index in [9.17, 15) is 4.79 Å². The van der Waals surface area contributed by atoms with Gasteiger partial charge in [0.05, 0.1) is 6.04 Å². The molecule has 0 radical (unpaired) electrons. The van der Waals surface area contributed by atoms with E-state index >= 15 is 0 Å². The molecule has 4 rings (SSSR count). The highest BCUT2D eigenvalue weighted by Crippen LogP contribution is 2.23. The molecule has 166 valence electrons. The monoisotopic (exact) mass is 421 g/mol. The number of carbonyl (C=O) groups is 1. The van der Waals surface area contributed by atoms with Crippen LogP contribution >= 0.6 is 0 Å². The molecule has 0 saturated carbocycles. The lowest BCUT2D eigenvalue weighted by Crippen LogP contribution is -2.41. The van der Waals surface area contributed by atoms with E-state index in [1.807, 2.05) is 44.2 Å². The summed E-state index contributed by atoms with van der Waals surface area (Å²) in [4.78, 5) is 22.0. The number of amides is 1. The van der Waals surface area contributed by atoms with Crippen LogP contribution in [0.25, 0.3) is 0 Å². The normalized spacial score (nSPS) is 20.5. The van der Waals surface area contributed by atoms with Gasteiger partial charge in [0, 0.05) is 43.2 Å². The number of nitrogens with one attached hydrogen (secondary N) is 2. The van der Waals surface area contributed by atoms with E-state index in [0.29, 0.717) is 5.92 Å². The summed E-state index contributed by atoms with van der Waals surface area (Å²) in [7, 11) is 0. The maximum Gasteiger partial charge on any atom is 0.241 e. The predicted molar refractivity (Wildman–Crippen MR) is 128 cm³/mol. The molecule has 6 heteroatoms. The minimum Gasteiger partial charge on any atom is -0.372 e. The van der Waals surface area contributed by atoms with E-state index in [4.69, 9.17) is 0 Å². The van der Waals surface area contributed by atoms with E-state index in [0.717, 1.165) is 56.3 Å². The number of nitrogens with zero attached hydrogens (tertiary/aromatic N) is 3. The van der Waals surface area contributed by atoms with E-state index in [-0.39, 0.29) is 11.9 Å². The summed E-state index contributed by atoms with van der Waals surface area (Å²) in [6.45, 7) is 9.05. The number of hydrogen-bond donors (Lipinski definition) is 2. The lowest BCUT2D eigenvalue weighted by atomic mass is 10.1. The van der Waals surface area contributed by atoms with Crippen molar-refractivity contribution in [3.05, 3.63) is 48.2 Å². The highest BCUT2D eigenvalue weighted by molar-refractivity contribution is 5.94. The maximum absolute atomic E-state index is 12.8. The first-order valence-corrected chi connectivity index (χ1v) is 11.7. The lowest BCUT2D eigenvalue weighted by Gasteiger charge is -2.29. The van der Waals surface area contributed by atoms with Crippen molar-refractivity contribution in [3.8, 4) is 0 Å². The molecule has 6 nitrogen and oxygen atoms in total. The fourth-order valence-electron chi connectivity index (χ4n) is 4.59. The van der Waals surface area contributed by atoms with Gasteiger partial charge in [-0.25, -0.2) is 4.98 Å². The summed E-state index contributed by atoms with van der Waals surface area (Å²) in [6.07, 6.45) is 4.97. The third-order valence-electron chi connectivity index (χ3n) is 6.56. The largest absolute Gasteiger partial charge is 0.372 e. The molecule has 2 aromatic rings. The average Bonchev–Trinajstić information content (AvgIpc) is 3.27. The van der Waals surface area contributed by atoms with Crippen LogP contribution in [0.5, 0.6) is 0 Å². The van der Waals surface area contributed by atoms with Crippen LogP contribution in [0, 0.1) is 12.8 Å².